The van der Waals surface area contributed by atoms with E-state index in [9.17, 15) is 4.39 Å². The van der Waals surface area contributed by atoms with Crippen LogP contribution in [0.3, 0.4) is 0 Å². The molecule has 0 atom stereocenters. The van der Waals surface area contributed by atoms with Crippen molar-refractivity contribution in [3.8, 4) is 17.0 Å². The second-order valence-electron chi connectivity index (χ2n) is 4.88. The number of aryl methyl sites for hydroxylation is 1. The summed E-state index contributed by atoms with van der Waals surface area (Å²) in [5.41, 5.74) is 1.14. The van der Waals surface area contributed by atoms with Gasteiger partial charge < -0.3 is 10.1 Å². The summed E-state index contributed by atoms with van der Waals surface area (Å²) in [5, 5.41) is 19.9. The molecular formula is C15H15FN6OS2. The van der Waals surface area contributed by atoms with Gasteiger partial charge in [0.25, 0.3) is 0 Å². The first-order valence-electron chi connectivity index (χ1n) is 7.36. The lowest BCUT2D eigenvalue weighted by Crippen LogP contribution is -2.08. The predicted molar refractivity (Wildman–Crippen MR) is 95.6 cm³/mol. The first kappa shape index (κ1) is 17.5. The van der Waals surface area contributed by atoms with Gasteiger partial charge in [-0.2, -0.15) is 5.10 Å². The summed E-state index contributed by atoms with van der Waals surface area (Å²) in [6, 6.07) is 4.64. The maximum atomic E-state index is 13.8. The SMILES string of the molecule is COc1ccc(-c2cnnc(NCCSc3nnc(C)s3)n2)cc1F. The summed E-state index contributed by atoms with van der Waals surface area (Å²) in [5.74, 6) is 0.923. The van der Waals surface area contributed by atoms with Gasteiger partial charge in [-0.25, -0.2) is 9.37 Å². The highest BCUT2D eigenvalue weighted by molar-refractivity contribution is 8.01. The quantitative estimate of drug-likeness (QED) is 0.496. The number of nitrogens with one attached hydrogen (secondary N) is 1. The van der Waals surface area contributed by atoms with Crippen molar-refractivity contribution in [3.63, 3.8) is 0 Å². The zero-order chi connectivity index (χ0) is 17.6. The fourth-order valence-corrected chi connectivity index (χ4v) is 3.72. The summed E-state index contributed by atoms with van der Waals surface area (Å²) < 4.78 is 19.7. The van der Waals surface area contributed by atoms with Crippen molar-refractivity contribution in [2.24, 2.45) is 0 Å². The fraction of sp³-hybridized carbons (Fsp3) is 0.267. The van der Waals surface area contributed by atoms with Gasteiger partial charge in [-0.05, 0) is 25.1 Å². The molecule has 0 bridgehead atoms. The average molecular weight is 378 g/mol. The van der Waals surface area contributed by atoms with Crippen LogP contribution in [0.1, 0.15) is 5.01 Å². The van der Waals surface area contributed by atoms with Crippen molar-refractivity contribution in [3.05, 3.63) is 35.2 Å². The molecular weight excluding hydrogens is 363 g/mol. The van der Waals surface area contributed by atoms with E-state index in [1.165, 1.54) is 19.4 Å². The van der Waals surface area contributed by atoms with Crippen molar-refractivity contribution in [2.75, 3.05) is 24.7 Å². The van der Waals surface area contributed by atoms with Gasteiger partial charge in [0.05, 0.1) is 19.0 Å². The van der Waals surface area contributed by atoms with E-state index >= 15 is 0 Å². The predicted octanol–water partition coefficient (Wildman–Crippen LogP) is 3.05. The number of rotatable bonds is 7. The van der Waals surface area contributed by atoms with E-state index in [1.807, 2.05) is 6.92 Å². The number of nitrogens with zero attached hydrogens (tertiary/aromatic N) is 5. The molecule has 0 saturated heterocycles. The number of aromatic nitrogens is 5. The van der Waals surface area contributed by atoms with Crippen LogP contribution < -0.4 is 10.1 Å². The second kappa shape index (κ2) is 8.17. The third kappa shape index (κ3) is 4.60. The van der Waals surface area contributed by atoms with Crippen LogP contribution in [0.5, 0.6) is 5.75 Å². The highest BCUT2D eigenvalue weighted by atomic mass is 32.2. The Hall–Kier alpha value is -2.33. The molecule has 1 N–H and O–H groups in total. The van der Waals surface area contributed by atoms with Gasteiger partial charge in [0.1, 0.15) is 5.01 Å². The fourth-order valence-electron chi connectivity index (χ4n) is 1.98. The Morgan fingerprint density at radius 3 is 2.88 bits per heavy atom. The van der Waals surface area contributed by atoms with Gasteiger partial charge >= 0.3 is 0 Å². The molecule has 0 aliphatic rings. The zero-order valence-corrected chi connectivity index (χ0v) is 15.2. The van der Waals surface area contributed by atoms with E-state index < -0.39 is 5.82 Å². The molecule has 0 fully saturated rings. The normalized spacial score (nSPS) is 10.7. The van der Waals surface area contributed by atoms with Crippen LogP contribution in [0.15, 0.2) is 28.7 Å². The molecule has 0 radical (unpaired) electrons. The highest BCUT2D eigenvalue weighted by Gasteiger charge is 2.08. The zero-order valence-electron chi connectivity index (χ0n) is 13.6. The minimum absolute atomic E-state index is 0.188. The molecule has 0 saturated carbocycles. The van der Waals surface area contributed by atoms with Gasteiger partial charge in [-0.3, -0.25) is 0 Å². The molecule has 1 aromatic carbocycles. The molecule has 130 valence electrons. The maximum absolute atomic E-state index is 13.8. The molecule has 0 spiro atoms. The van der Waals surface area contributed by atoms with E-state index in [2.05, 4.69) is 30.7 Å². The van der Waals surface area contributed by atoms with Crippen LogP contribution >= 0.6 is 23.1 Å². The molecule has 0 aliphatic heterocycles. The number of hydrogen-bond acceptors (Lipinski definition) is 9. The Morgan fingerprint density at radius 2 is 2.16 bits per heavy atom. The number of methoxy groups -OCH3 is 1. The van der Waals surface area contributed by atoms with E-state index in [0.29, 0.717) is 23.8 Å². The Morgan fingerprint density at radius 1 is 1.28 bits per heavy atom. The van der Waals surface area contributed by atoms with E-state index in [-0.39, 0.29) is 5.75 Å². The third-order valence-electron chi connectivity index (χ3n) is 3.12. The topological polar surface area (TPSA) is 85.7 Å². The number of halogens is 1. The smallest absolute Gasteiger partial charge is 0.243 e. The molecule has 3 aromatic rings. The first-order valence-corrected chi connectivity index (χ1v) is 9.16. The Balaban J connectivity index is 1.60. The summed E-state index contributed by atoms with van der Waals surface area (Å²) in [4.78, 5) is 4.36. The molecule has 2 aromatic heterocycles. The molecule has 25 heavy (non-hydrogen) atoms. The monoisotopic (exact) mass is 378 g/mol. The van der Waals surface area contributed by atoms with Crippen LogP contribution in [0, 0.1) is 12.7 Å². The third-order valence-corrected chi connectivity index (χ3v) is 5.10. The van der Waals surface area contributed by atoms with Crippen LogP contribution in [-0.2, 0) is 0 Å². The van der Waals surface area contributed by atoms with E-state index in [1.54, 1.807) is 35.2 Å². The van der Waals surface area contributed by atoms with Gasteiger partial charge in [0.15, 0.2) is 15.9 Å². The standard InChI is InChI=1S/C15H15FN6OS2/c1-9-20-22-15(25-9)24-6-5-17-14-19-12(8-18-21-14)10-3-4-13(23-2)11(16)7-10/h3-4,7-8H,5-6H2,1-2H3,(H,17,19,21). The van der Waals surface area contributed by atoms with Gasteiger partial charge in [0.2, 0.25) is 5.95 Å². The van der Waals surface area contributed by atoms with Crippen molar-refractivity contribution in [1.29, 1.82) is 0 Å². The lowest BCUT2D eigenvalue weighted by molar-refractivity contribution is 0.386. The second-order valence-corrected chi connectivity index (χ2v) is 7.40. The summed E-state index contributed by atoms with van der Waals surface area (Å²) in [7, 11) is 1.42. The van der Waals surface area contributed by atoms with Crippen LogP contribution in [0.25, 0.3) is 11.3 Å². The van der Waals surface area contributed by atoms with Crippen molar-refractivity contribution in [2.45, 2.75) is 11.3 Å². The highest BCUT2D eigenvalue weighted by Crippen LogP contribution is 2.24. The lowest BCUT2D eigenvalue weighted by Gasteiger charge is -2.07. The van der Waals surface area contributed by atoms with Crippen LogP contribution in [0.4, 0.5) is 10.3 Å². The van der Waals surface area contributed by atoms with Gasteiger partial charge in [-0.15, -0.1) is 15.3 Å². The Bertz CT molecular complexity index is 860. The molecule has 7 nitrogen and oxygen atoms in total. The number of anilines is 1. The molecule has 3 rings (SSSR count). The van der Waals surface area contributed by atoms with E-state index in [4.69, 9.17) is 4.74 Å². The van der Waals surface area contributed by atoms with Crippen molar-refractivity contribution >= 4 is 29.0 Å². The summed E-state index contributed by atoms with van der Waals surface area (Å²) in [6.45, 7) is 2.57. The van der Waals surface area contributed by atoms with Crippen LogP contribution in [-0.4, -0.2) is 44.8 Å². The number of ether oxygens (including phenoxy) is 1. The molecule has 0 unspecified atom stereocenters. The summed E-state index contributed by atoms with van der Waals surface area (Å²) >= 11 is 3.17. The summed E-state index contributed by atoms with van der Waals surface area (Å²) in [6.07, 6.45) is 1.49. The van der Waals surface area contributed by atoms with Crippen LogP contribution in [0.2, 0.25) is 0 Å². The maximum Gasteiger partial charge on any atom is 0.243 e. The Kier molecular flexibility index (Phi) is 5.71. The van der Waals surface area contributed by atoms with Crippen molar-refractivity contribution in [1.82, 2.24) is 25.4 Å². The van der Waals surface area contributed by atoms with E-state index in [0.717, 1.165) is 15.1 Å². The van der Waals surface area contributed by atoms with Gasteiger partial charge in [0, 0.05) is 17.9 Å². The number of hydrogen-bond donors (Lipinski definition) is 1. The molecule has 10 heteroatoms. The average Bonchev–Trinajstić information content (AvgIpc) is 3.04. The number of benzene rings is 1. The van der Waals surface area contributed by atoms with Gasteiger partial charge in [-0.1, -0.05) is 23.1 Å². The number of thioether (sulfide) groups is 1. The Labute approximate surface area is 152 Å². The minimum atomic E-state index is -0.447. The lowest BCUT2D eigenvalue weighted by atomic mass is 10.1. The van der Waals surface area contributed by atoms with Crippen molar-refractivity contribution < 1.29 is 9.13 Å². The largest absolute Gasteiger partial charge is 0.494 e. The molecule has 0 aliphatic carbocycles. The molecule has 0 amide bonds. The molecule has 2 heterocycles. The minimum Gasteiger partial charge on any atom is -0.494 e. The first-order chi connectivity index (χ1) is 12.2.